The molecule has 3 aromatic carbocycles. The van der Waals surface area contributed by atoms with Gasteiger partial charge in [-0.25, -0.2) is 13.6 Å². The molecular formula is C26H22F2N2O6. The van der Waals surface area contributed by atoms with Crippen LogP contribution in [0.25, 0.3) is 11.1 Å². The van der Waals surface area contributed by atoms with Gasteiger partial charge in [-0.15, -0.1) is 0 Å². The third kappa shape index (κ3) is 5.48. The van der Waals surface area contributed by atoms with Gasteiger partial charge >= 0.3 is 5.97 Å². The van der Waals surface area contributed by atoms with Crippen molar-refractivity contribution < 1.29 is 32.8 Å². The monoisotopic (exact) mass is 496 g/mol. The first kappa shape index (κ1) is 24.8. The van der Waals surface area contributed by atoms with Crippen LogP contribution in [-0.2, 0) is 16.1 Å². The number of nitrogens with one attached hydrogen (secondary N) is 1. The Morgan fingerprint density at radius 2 is 1.86 bits per heavy atom. The summed E-state index contributed by atoms with van der Waals surface area (Å²) in [5.41, 5.74) is 0.356. The maximum Gasteiger partial charge on any atom is 0.341 e. The topological polar surface area (TPSA) is 108 Å². The smallest absolute Gasteiger partial charge is 0.341 e. The Morgan fingerprint density at radius 1 is 1.08 bits per heavy atom. The highest BCUT2D eigenvalue weighted by molar-refractivity contribution is 5.97. The average Bonchev–Trinajstić information content (AvgIpc) is 3.66. The summed E-state index contributed by atoms with van der Waals surface area (Å²) < 4.78 is 39.2. The molecular weight excluding hydrogens is 474 g/mol. The number of halogens is 2. The standard InChI is InChI=1S/C26H22F2N2O6/c1-35-26(32)24-20(6-3-7-22(24)27)15-8-9-16(23(28)11-15)13-29-25(31)21-10-17(21)14-36-19-5-2-4-18(12-19)30(33)34/h2-9,11-12,17,21H,10,13-14H2,1H3,(H,29,31). The van der Waals surface area contributed by atoms with E-state index in [-0.39, 0.29) is 53.3 Å². The second-order valence-corrected chi connectivity index (χ2v) is 8.35. The summed E-state index contributed by atoms with van der Waals surface area (Å²) in [5.74, 6) is -2.48. The molecule has 1 aliphatic rings. The van der Waals surface area contributed by atoms with Crippen LogP contribution in [0.2, 0.25) is 0 Å². The minimum absolute atomic E-state index is 0.0406. The molecule has 186 valence electrons. The molecule has 1 amide bonds. The van der Waals surface area contributed by atoms with E-state index in [0.29, 0.717) is 17.7 Å². The van der Waals surface area contributed by atoms with Crippen molar-refractivity contribution in [3.63, 3.8) is 0 Å². The second kappa shape index (κ2) is 10.5. The molecule has 8 nitrogen and oxygen atoms in total. The van der Waals surface area contributed by atoms with Crippen molar-refractivity contribution in [2.75, 3.05) is 13.7 Å². The molecule has 4 rings (SSSR count). The van der Waals surface area contributed by atoms with Gasteiger partial charge in [-0.2, -0.15) is 0 Å². The van der Waals surface area contributed by atoms with Crippen molar-refractivity contribution >= 4 is 17.6 Å². The van der Waals surface area contributed by atoms with E-state index in [1.54, 1.807) is 12.1 Å². The zero-order valence-corrected chi connectivity index (χ0v) is 19.2. The van der Waals surface area contributed by atoms with E-state index in [4.69, 9.17) is 4.74 Å². The zero-order valence-electron chi connectivity index (χ0n) is 19.2. The quantitative estimate of drug-likeness (QED) is 0.262. The van der Waals surface area contributed by atoms with Gasteiger partial charge in [0.05, 0.1) is 24.7 Å². The van der Waals surface area contributed by atoms with Crippen molar-refractivity contribution in [1.82, 2.24) is 5.32 Å². The fourth-order valence-corrected chi connectivity index (χ4v) is 3.89. The van der Waals surface area contributed by atoms with Gasteiger partial charge in [0.25, 0.3) is 5.69 Å². The molecule has 1 N–H and O–H groups in total. The molecule has 2 unspecified atom stereocenters. The van der Waals surface area contributed by atoms with E-state index >= 15 is 0 Å². The Hall–Kier alpha value is -4.34. The summed E-state index contributed by atoms with van der Waals surface area (Å²) in [7, 11) is 1.13. The van der Waals surface area contributed by atoms with Crippen LogP contribution in [0, 0.1) is 33.6 Å². The number of hydrogen-bond donors (Lipinski definition) is 1. The summed E-state index contributed by atoms with van der Waals surface area (Å²) >= 11 is 0. The van der Waals surface area contributed by atoms with E-state index in [1.165, 1.54) is 42.5 Å². The van der Waals surface area contributed by atoms with Crippen molar-refractivity contribution in [1.29, 1.82) is 0 Å². The minimum Gasteiger partial charge on any atom is -0.493 e. The fraction of sp³-hybridized carbons (Fsp3) is 0.231. The van der Waals surface area contributed by atoms with Gasteiger partial charge in [0, 0.05) is 30.0 Å². The first-order chi connectivity index (χ1) is 17.3. The lowest BCUT2D eigenvalue weighted by Gasteiger charge is -2.11. The van der Waals surface area contributed by atoms with Crippen LogP contribution in [0.15, 0.2) is 60.7 Å². The largest absolute Gasteiger partial charge is 0.493 e. The predicted molar refractivity (Wildman–Crippen MR) is 125 cm³/mol. The van der Waals surface area contributed by atoms with Crippen molar-refractivity contribution in [2.45, 2.75) is 13.0 Å². The Labute approximate surface area is 205 Å². The lowest BCUT2D eigenvalue weighted by atomic mass is 9.98. The van der Waals surface area contributed by atoms with Crippen LogP contribution in [0.4, 0.5) is 14.5 Å². The molecule has 0 heterocycles. The number of carbonyl (C=O) groups excluding carboxylic acids is 2. The summed E-state index contributed by atoms with van der Waals surface area (Å²) in [5, 5.41) is 13.6. The number of ether oxygens (including phenoxy) is 2. The van der Waals surface area contributed by atoms with Gasteiger partial charge < -0.3 is 14.8 Å². The van der Waals surface area contributed by atoms with E-state index < -0.39 is 22.5 Å². The maximum absolute atomic E-state index is 14.8. The van der Waals surface area contributed by atoms with Crippen LogP contribution in [-0.4, -0.2) is 30.5 Å². The highest BCUT2D eigenvalue weighted by Gasteiger charge is 2.43. The number of rotatable bonds is 9. The molecule has 1 fully saturated rings. The van der Waals surface area contributed by atoms with Gasteiger partial charge in [-0.1, -0.05) is 30.3 Å². The average molecular weight is 496 g/mol. The van der Waals surface area contributed by atoms with Gasteiger partial charge in [-0.3, -0.25) is 14.9 Å². The second-order valence-electron chi connectivity index (χ2n) is 8.35. The lowest BCUT2D eigenvalue weighted by molar-refractivity contribution is -0.384. The van der Waals surface area contributed by atoms with Crippen molar-refractivity contribution in [2.24, 2.45) is 11.8 Å². The Bertz CT molecular complexity index is 1330. The van der Waals surface area contributed by atoms with Crippen molar-refractivity contribution in [3.8, 4) is 16.9 Å². The molecule has 36 heavy (non-hydrogen) atoms. The Kier molecular flexibility index (Phi) is 7.23. The summed E-state index contributed by atoms with van der Waals surface area (Å²) in [4.78, 5) is 34.8. The summed E-state index contributed by atoms with van der Waals surface area (Å²) in [6.45, 7) is 0.186. The summed E-state index contributed by atoms with van der Waals surface area (Å²) in [6.07, 6.45) is 0.595. The highest BCUT2D eigenvalue weighted by atomic mass is 19.1. The molecule has 0 spiro atoms. The number of benzene rings is 3. The number of non-ortho nitro benzene ring substituents is 1. The Balaban J connectivity index is 1.33. The predicted octanol–water partition coefficient (Wildman–Crippen LogP) is 4.66. The van der Waals surface area contributed by atoms with Crippen LogP contribution in [0.1, 0.15) is 22.3 Å². The van der Waals surface area contributed by atoms with Crippen LogP contribution < -0.4 is 10.1 Å². The number of methoxy groups -OCH3 is 1. The number of esters is 1. The number of carbonyl (C=O) groups is 2. The number of nitro groups is 1. The normalized spacial score (nSPS) is 16.2. The van der Waals surface area contributed by atoms with Crippen LogP contribution in [0.5, 0.6) is 5.75 Å². The fourth-order valence-electron chi connectivity index (χ4n) is 3.89. The van der Waals surface area contributed by atoms with E-state index in [1.807, 2.05) is 0 Å². The van der Waals surface area contributed by atoms with E-state index in [9.17, 15) is 28.5 Å². The molecule has 0 bridgehead atoms. The van der Waals surface area contributed by atoms with Crippen molar-refractivity contribution in [3.05, 3.63) is 93.5 Å². The molecule has 0 aliphatic heterocycles. The molecule has 3 aromatic rings. The third-order valence-corrected chi connectivity index (χ3v) is 5.97. The Morgan fingerprint density at radius 3 is 2.58 bits per heavy atom. The van der Waals surface area contributed by atoms with Gasteiger partial charge in [0.15, 0.2) is 0 Å². The molecule has 1 aliphatic carbocycles. The SMILES string of the molecule is COC(=O)c1c(F)cccc1-c1ccc(CNC(=O)C2CC2COc2cccc([N+](=O)[O-])c2)c(F)c1. The van der Waals surface area contributed by atoms with Crippen LogP contribution >= 0.6 is 0 Å². The number of amides is 1. The first-order valence-corrected chi connectivity index (χ1v) is 11.1. The molecule has 0 radical (unpaired) electrons. The third-order valence-electron chi connectivity index (χ3n) is 5.97. The lowest BCUT2D eigenvalue weighted by Crippen LogP contribution is -2.26. The molecule has 2 atom stereocenters. The number of nitro benzene ring substituents is 1. The first-order valence-electron chi connectivity index (χ1n) is 11.1. The number of hydrogen-bond acceptors (Lipinski definition) is 6. The number of nitrogens with zero attached hydrogens (tertiary/aromatic N) is 1. The van der Waals surface area contributed by atoms with E-state index in [2.05, 4.69) is 10.1 Å². The minimum atomic E-state index is -0.867. The summed E-state index contributed by atoms with van der Waals surface area (Å²) in [6, 6.07) is 14.0. The van der Waals surface area contributed by atoms with Gasteiger partial charge in [0.1, 0.15) is 22.9 Å². The van der Waals surface area contributed by atoms with E-state index in [0.717, 1.165) is 13.2 Å². The molecule has 1 saturated carbocycles. The zero-order chi connectivity index (χ0) is 25.8. The van der Waals surface area contributed by atoms with Crippen LogP contribution in [0.3, 0.4) is 0 Å². The maximum atomic E-state index is 14.8. The molecule has 0 aromatic heterocycles. The molecule has 10 heteroatoms. The molecule has 0 saturated heterocycles. The van der Waals surface area contributed by atoms with Gasteiger partial charge in [0.2, 0.25) is 5.91 Å². The highest BCUT2D eigenvalue weighted by Crippen LogP contribution is 2.39. The van der Waals surface area contributed by atoms with Gasteiger partial charge in [-0.05, 0) is 35.7 Å².